The Hall–Kier alpha value is 0.793. The van der Waals surface area contributed by atoms with Gasteiger partial charge in [-0.05, 0) is 6.07 Å². The van der Waals surface area contributed by atoms with Crippen LogP contribution in [0.25, 0.3) is 0 Å². The van der Waals surface area contributed by atoms with Gasteiger partial charge in [-0.2, -0.15) is 5.26 Å². The zero-order valence-corrected chi connectivity index (χ0v) is 13.0. The molecule has 1 radical (unpaired) electrons. The molecule has 1 aromatic carbocycles. The average Bonchev–Trinajstić information content (AvgIpc) is 2.08. The van der Waals surface area contributed by atoms with Gasteiger partial charge in [0.1, 0.15) is 0 Å². The van der Waals surface area contributed by atoms with E-state index < -0.39 is 0 Å². The molecule has 0 heterocycles. The average molecular weight is 421 g/mol. The third-order valence-corrected chi connectivity index (χ3v) is 0.830. The molecule has 0 atom stereocenters. The number of nitriles is 1. The molecule has 0 aliphatic rings. The summed E-state index contributed by atoms with van der Waals surface area (Å²) in [7, 11) is 0.0650. The van der Waals surface area contributed by atoms with Crippen molar-refractivity contribution in [1.29, 1.82) is 5.26 Å². The van der Waals surface area contributed by atoms with Crippen LogP contribution in [0.5, 0.6) is 0 Å². The van der Waals surface area contributed by atoms with Crippen LogP contribution in [-0.4, -0.2) is 0 Å². The standard InChI is InChI=1S/C7H4N.2HI.Zn/c8-6-7-4-2-1-3-5-7;;;/h1-4H;2*1H;/q;;;+2/p-2. The molecule has 1 aromatic rings. The van der Waals surface area contributed by atoms with Gasteiger partial charge in [0.15, 0.2) is 0 Å². The first-order chi connectivity index (χ1) is 5.35. The fourth-order valence-corrected chi connectivity index (χ4v) is 0.463. The summed E-state index contributed by atoms with van der Waals surface area (Å²) < 4.78 is 0. The number of nitrogens with zero attached hydrogens (tertiary/aromatic N) is 1. The van der Waals surface area contributed by atoms with Gasteiger partial charge in [0.25, 0.3) is 0 Å². The molecule has 0 fully saturated rings. The van der Waals surface area contributed by atoms with Crippen LogP contribution in [0.15, 0.2) is 24.3 Å². The first-order valence-electron chi connectivity index (χ1n) is 2.84. The van der Waals surface area contributed by atoms with Crippen LogP contribution in [0.4, 0.5) is 0 Å². The molecule has 0 aliphatic carbocycles. The van der Waals surface area contributed by atoms with Crippen molar-refractivity contribution in [3.05, 3.63) is 35.9 Å². The molecule has 4 heteroatoms. The maximum atomic E-state index is 8.26. The van der Waals surface area contributed by atoms with E-state index in [1.807, 2.05) is 18.2 Å². The van der Waals surface area contributed by atoms with Crippen LogP contribution < -0.4 is 0 Å². The Morgan fingerprint density at radius 3 is 2.36 bits per heavy atom. The molecule has 0 saturated heterocycles. The van der Waals surface area contributed by atoms with Crippen molar-refractivity contribution in [3.63, 3.8) is 0 Å². The molecular weight excluding hydrogens is 417 g/mol. The van der Waals surface area contributed by atoms with Crippen molar-refractivity contribution in [2.24, 2.45) is 0 Å². The molecule has 0 bridgehead atoms. The summed E-state index contributed by atoms with van der Waals surface area (Å²) in [5, 5.41) is 8.26. The summed E-state index contributed by atoms with van der Waals surface area (Å²) in [4.78, 5) is 0. The second-order valence-electron chi connectivity index (χ2n) is 1.49. The van der Waals surface area contributed by atoms with Crippen molar-refractivity contribution < 1.29 is 10.1 Å². The summed E-state index contributed by atoms with van der Waals surface area (Å²) >= 11 is 4.93. The SMILES string of the molecule is N#Cc1[c]cccc1.[I][Zn][I]. The molecule has 11 heavy (non-hydrogen) atoms. The maximum absolute atomic E-state index is 8.26. The number of halogens is 2. The van der Waals surface area contributed by atoms with Gasteiger partial charge in [0.05, 0.1) is 11.6 Å². The quantitative estimate of drug-likeness (QED) is 0.467. The normalized spacial score (nSPS) is 6.64. The summed E-state index contributed by atoms with van der Waals surface area (Å²) in [5.41, 5.74) is 0.590. The molecule has 53 valence electrons. The Balaban J connectivity index is 0.000000292. The van der Waals surface area contributed by atoms with E-state index in [0.717, 1.165) is 0 Å². The first-order valence-corrected chi connectivity index (χ1v) is 20.9. The number of hydrogen-bond acceptors (Lipinski definition) is 1. The number of hydrogen-bond donors (Lipinski definition) is 0. The Labute approximate surface area is 95.5 Å². The Morgan fingerprint density at radius 2 is 2.09 bits per heavy atom. The molecule has 0 amide bonds. The molecule has 0 saturated carbocycles. The van der Waals surface area contributed by atoms with Crippen LogP contribution in [0.3, 0.4) is 0 Å². The minimum atomic E-state index is 0.0650. The Kier molecular flexibility index (Phi) is 9.53. The van der Waals surface area contributed by atoms with Gasteiger partial charge >= 0.3 is 49.6 Å². The van der Waals surface area contributed by atoms with Crippen molar-refractivity contribution >= 4 is 39.5 Å². The summed E-state index contributed by atoms with van der Waals surface area (Å²) in [5.74, 6) is 0. The molecule has 0 unspecified atom stereocenters. The van der Waals surface area contributed by atoms with Crippen molar-refractivity contribution in [1.82, 2.24) is 0 Å². The molecular formula is C7H4I2NZn. The minimum absolute atomic E-state index is 0.0650. The summed E-state index contributed by atoms with van der Waals surface area (Å²) in [6.45, 7) is 0. The number of benzene rings is 1. The zero-order valence-electron chi connectivity index (χ0n) is 5.72. The van der Waals surface area contributed by atoms with Gasteiger partial charge in [0, 0.05) is 6.07 Å². The predicted octanol–water partition coefficient (Wildman–Crippen LogP) is 3.13. The first kappa shape index (κ1) is 11.8. The van der Waals surface area contributed by atoms with E-state index in [1.54, 1.807) is 12.1 Å². The summed E-state index contributed by atoms with van der Waals surface area (Å²) in [6.07, 6.45) is 0. The topological polar surface area (TPSA) is 23.8 Å². The van der Waals surface area contributed by atoms with Crippen molar-refractivity contribution in [2.75, 3.05) is 0 Å². The fourth-order valence-electron chi connectivity index (χ4n) is 0.463. The molecule has 0 aliphatic heterocycles. The second-order valence-corrected chi connectivity index (χ2v) is 25.0. The molecule has 0 N–H and O–H groups in total. The van der Waals surface area contributed by atoms with E-state index in [1.165, 1.54) is 0 Å². The molecule has 0 spiro atoms. The fraction of sp³-hybridized carbons (Fsp3) is 0. The third kappa shape index (κ3) is 7.16. The van der Waals surface area contributed by atoms with Gasteiger partial charge in [-0.15, -0.1) is 0 Å². The van der Waals surface area contributed by atoms with Crippen LogP contribution in [0, 0.1) is 17.4 Å². The van der Waals surface area contributed by atoms with E-state index in [4.69, 9.17) is 5.26 Å². The van der Waals surface area contributed by atoms with Crippen LogP contribution >= 0.6 is 39.5 Å². The van der Waals surface area contributed by atoms with Gasteiger partial charge in [-0.1, -0.05) is 18.2 Å². The van der Waals surface area contributed by atoms with Crippen LogP contribution in [0.2, 0.25) is 0 Å². The Bertz CT molecular complexity index is 220. The third-order valence-electron chi connectivity index (χ3n) is 0.830. The van der Waals surface area contributed by atoms with E-state index in [9.17, 15) is 0 Å². The molecule has 0 aromatic heterocycles. The van der Waals surface area contributed by atoms with Crippen LogP contribution in [-0.2, 0) is 10.1 Å². The zero-order chi connectivity index (χ0) is 8.53. The number of rotatable bonds is 0. The van der Waals surface area contributed by atoms with Gasteiger partial charge in [-0.3, -0.25) is 0 Å². The summed E-state index contributed by atoms with van der Waals surface area (Å²) in [6, 6.07) is 11.8. The van der Waals surface area contributed by atoms with E-state index >= 15 is 0 Å². The van der Waals surface area contributed by atoms with Gasteiger partial charge in [-0.25, -0.2) is 0 Å². The molecule has 1 nitrogen and oxygen atoms in total. The van der Waals surface area contributed by atoms with E-state index in [-0.39, 0.29) is 10.1 Å². The second kappa shape index (κ2) is 8.89. The van der Waals surface area contributed by atoms with Gasteiger partial charge in [0.2, 0.25) is 0 Å². The van der Waals surface area contributed by atoms with Crippen LogP contribution in [0.1, 0.15) is 5.56 Å². The predicted molar refractivity (Wildman–Crippen MR) is 58.0 cm³/mol. The molecule has 1 rings (SSSR count). The van der Waals surface area contributed by atoms with Crippen molar-refractivity contribution in [3.8, 4) is 6.07 Å². The van der Waals surface area contributed by atoms with E-state index in [0.29, 0.717) is 5.56 Å². The van der Waals surface area contributed by atoms with E-state index in [2.05, 4.69) is 45.6 Å². The monoisotopic (exact) mass is 420 g/mol. The van der Waals surface area contributed by atoms with Crippen molar-refractivity contribution in [2.45, 2.75) is 0 Å². The van der Waals surface area contributed by atoms with Gasteiger partial charge < -0.3 is 0 Å². The Morgan fingerprint density at radius 1 is 1.45 bits per heavy atom.